The van der Waals surface area contributed by atoms with Gasteiger partial charge in [0.05, 0.1) is 0 Å². The van der Waals surface area contributed by atoms with Crippen LogP contribution >= 0.6 is 31.9 Å². The van der Waals surface area contributed by atoms with Crippen molar-refractivity contribution in [2.75, 3.05) is 0 Å². The predicted molar refractivity (Wildman–Crippen MR) is 65.3 cm³/mol. The van der Waals surface area contributed by atoms with Crippen LogP contribution in [0.2, 0.25) is 0 Å². The molecule has 0 aliphatic heterocycles. The number of halogens is 2. The SMILES string of the molecule is Brc1nc(Br)n(Cc2nnc3cccnn23)n1. The molecule has 9 heteroatoms. The topological polar surface area (TPSA) is 73.8 Å². The van der Waals surface area contributed by atoms with Gasteiger partial charge in [-0.05, 0) is 44.0 Å². The first-order valence-corrected chi connectivity index (χ1v) is 6.24. The van der Waals surface area contributed by atoms with Gasteiger partial charge >= 0.3 is 0 Å². The molecule has 0 N–H and O–H groups in total. The zero-order chi connectivity index (χ0) is 11.8. The molecule has 0 amide bonds. The largest absolute Gasteiger partial charge is 0.231 e. The van der Waals surface area contributed by atoms with Crippen LogP contribution in [-0.2, 0) is 6.54 Å². The van der Waals surface area contributed by atoms with Gasteiger partial charge in [0.15, 0.2) is 16.2 Å². The van der Waals surface area contributed by atoms with Crippen molar-refractivity contribution in [3.63, 3.8) is 0 Å². The van der Waals surface area contributed by atoms with Gasteiger partial charge in [-0.2, -0.15) is 14.6 Å². The van der Waals surface area contributed by atoms with Gasteiger partial charge < -0.3 is 0 Å². The summed E-state index contributed by atoms with van der Waals surface area (Å²) in [7, 11) is 0. The summed E-state index contributed by atoms with van der Waals surface area (Å²) >= 11 is 6.51. The Morgan fingerprint density at radius 1 is 1.24 bits per heavy atom. The van der Waals surface area contributed by atoms with Crippen LogP contribution in [0.4, 0.5) is 0 Å². The van der Waals surface area contributed by atoms with Gasteiger partial charge in [-0.25, -0.2) is 4.68 Å². The summed E-state index contributed by atoms with van der Waals surface area (Å²) in [5.74, 6) is 0.693. The minimum absolute atomic E-state index is 0.442. The van der Waals surface area contributed by atoms with E-state index in [1.54, 1.807) is 15.4 Å². The van der Waals surface area contributed by atoms with Crippen molar-refractivity contribution < 1.29 is 0 Å². The molecule has 3 aromatic rings. The molecule has 0 fully saturated rings. The fourth-order valence-corrected chi connectivity index (χ4v) is 2.39. The van der Waals surface area contributed by atoms with Crippen molar-refractivity contribution in [3.8, 4) is 0 Å². The minimum Gasteiger partial charge on any atom is -0.231 e. The van der Waals surface area contributed by atoms with Gasteiger partial charge in [-0.1, -0.05) is 0 Å². The van der Waals surface area contributed by atoms with Crippen molar-refractivity contribution in [1.82, 2.24) is 34.6 Å². The highest BCUT2D eigenvalue weighted by Gasteiger charge is 2.10. The van der Waals surface area contributed by atoms with Crippen LogP contribution in [0.3, 0.4) is 0 Å². The van der Waals surface area contributed by atoms with Gasteiger partial charge in [-0.15, -0.1) is 15.3 Å². The Bertz CT molecular complexity index is 673. The fraction of sp³-hybridized carbons (Fsp3) is 0.125. The molecule has 0 aliphatic rings. The fourth-order valence-electron chi connectivity index (χ4n) is 1.42. The van der Waals surface area contributed by atoms with Crippen molar-refractivity contribution in [1.29, 1.82) is 0 Å². The van der Waals surface area contributed by atoms with Crippen LogP contribution in [0.5, 0.6) is 0 Å². The monoisotopic (exact) mass is 357 g/mol. The summed E-state index contributed by atoms with van der Waals surface area (Å²) in [6, 6.07) is 3.66. The summed E-state index contributed by atoms with van der Waals surface area (Å²) in [4.78, 5) is 4.08. The maximum Gasteiger partial charge on any atom is 0.218 e. The van der Waals surface area contributed by atoms with E-state index in [1.807, 2.05) is 12.1 Å². The number of hydrogen-bond donors (Lipinski definition) is 0. The molecule has 0 spiro atoms. The van der Waals surface area contributed by atoms with Gasteiger partial charge in [0, 0.05) is 6.20 Å². The Morgan fingerprint density at radius 3 is 2.88 bits per heavy atom. The zero-order valence-electron chi connectivity index (χ0n) is 8.33. The van der Waals surface area contributed by atoms with Crippen molar-refractivity contribution in [3.05, 3.63) is 33.6 Å². The maximum absolute atomic E-state index is 4.18. The highest BCUT2D eigenvalue weighted by Crippen LogP contribution is 2.12. The van der Waals surface area contributed by atoms with Crippen molar-refractivity contribution >= 4 is 37.5 Å². The number of fused-ring (bicyclic) bond motifs is 1. The number of nitrogens with zero attached hydrogens (tertiary/aromatic N) is 7. The first-order valence-electron chi connectivity index (χ1n) is 4.65. The summed E-state index contributed by atoms with van der Waals surface area (Å²) in [5, 5.41) is 16.4. The molecule has 17 heavy (non-hydrogen) atoms. The van der Waals surface area contributed by atoms with Crippen molar-refractivity contribution in [2.45, 2.75) is 6.54 Å². The molecule has 3 aromatic heterocycles. The third kappa shape index (κ3) is 1.95. The number of aromatic nitrogens is 7. The van der Waals surface area contributed by atoms with E-state index in [-0.39, 0.29) is 0 Å². The Morgan fingerprint density at radius 2 is 2.12 bits per heavy atom. The van der Waals surface area contributed by atoms with Gasteiger partial charge in [0.25, 0.3) is 0 Å². The first kappa shape index (κ1) is 10.8. The quantitative estimate of drug-likeness (QED) is 0.690. The van der Waals surface area contributed by atoms with E-state index in [9.17, 15) is 0 Å². The van der Waals surface area contributed by atoms with Crippen LogP contribution in [0.25, 0.3) is 5.65 Å². The second kappa shape index (κ2) is 4.15. The third-order valence-electron chi connectivity index (χ3n) is 2.13. The van der Waals surface area contributed by atoms with Gasteiger partial charge in [0.2, 0.25) is 4.73 Å². The normalized spacial score (nSPS) is 11.2. The van der Waals surface area contributed by atoms with E-state index in [2.05, 4.69) is 57.2 Å². The molecule has 0 aliphatic carbocycles. The summed E-state index contributed by atoms with van der Waals surface area (Å²) in [5.41, 5.74) is 0.706. The Hall–Kier alpha value is -1.35. The smallest absolute Gasteiger partial charge is 0.218 e. The Balaban J connectivity index is 2.03. The van der Waals surface area contributed by atoms with E-state index in [0.29, 0.717) is 27.5 Å². The Labute approximate surface area is 112 Å². The molecule has 0 saturated heterocycles. The predicted octanol–water partition coefficient (Wildman–Crippen LogP) is 1.29. The standard InChI is InChI=1S/C8H5Br2N7/c9-7-12-8(10)16(15-7)4-6-14-13-5-2-1-3-11-17(5)6/h1-3H,4H2. The van der Waals surface area contributed by atoms with Crippen LogP contribution < -0.4 is 0 Å². The highest BCUT2D eigenvalue weighted by atomic mass is 79.9. The lowest BCUT2D eigenvalue weighted by Gasteiger charge is -1.99. The molecule has 7 nitrogen and oxygen atoms in total. The molecular weight excluding hydrogens is 354 g/mol. The third-order valence-corrected chi connectivity index (χ3v) is 3.06. The lowest BCUT2D eigenvalue weighted by molar-refractivity contribution is 0.619. The maximum atomic E-state index is 4.18. The van der Waals surface area contributed by atoms with E-state index in [4.69, 9.17) is 0 Å². The average Bonchev–Trinajstić information content (AvgIpc) is 2.85. The molecule has 0 unspecified atom stereocenters. The molecule has 0 radical (unpaired) electrons. The second-order valence-electron chi connectivity index (χ2n) is 3.22. The van der Waals surface area contributed by atoms with E-state index >= 15 is 0 Å². The van der Waals surface area contributed by atoms with E-state index in [0.717, 1.165) is 0 Å². The summed E-state index contributed by atoms with van der Waals surface area (Å²) < 4.78 is 4.47. The van der Waals surface area contributed by atoms with Crippen LogP contribution in [0.15, 0.2) is 27.8 Å². The van der Waals surface area contributed by atoms with Crippen LogP contribution in [0, 0.1) is 0 Å². The molecule has 0 bridgehead atoms. The molecule has 3 heterocycles. The molecular formula is C8H5Br2N7. The highest BCUT2D eigenvalue weighted by molar-refractivity contribution is 9.11. The molecule has 3 rings (SSSR count). The van der Waals surface area contributed by atoms with Crippen LogP contribution in [0.1, 0.15) is 5.82 Å². The minimum atomic E-state index is 0.442. The first-order chi connectivity index (χ1) is 8.24. The number of rotatable bonds is 2. The van der Waals surface area contributed by atoms with Crippen LogP contribution in [-0.4, -0.2) is 34.6 Å². The average molecular weight is 359 g/mol. The molecule has 0 aromatic carbocycles. The number of hydrogen-bond acceptors (Lipinski definition) is 5. The lowest BCUT2D eigenvalue weighted by Crippen LogP contribution is -2.07. The zero-order valence-corrected chi connectivity index (χ0v) is 11.5. The van der Waals surface area contributed by atoms with E-state index < -0.39 is 0 Å². The van der Waals surface area contributed by atoms with E-state index in [1.165, 1.54) is 0 Å². The van der Waals surface area contributed by atoms with Gasteiger partial charge in [0.1, 0.15) is 6.54 Å². The molecule has 86 valence electrons. The summed E-state index contributed by atoms with van der Waals surface area (Å²) in [6.07, 6.45) is 1.69. The Kier molecular flexibility index (Phi) is 2.63. The molecule has 0 saturated carbocycles. The second-order valence-corrected chi connectivity index (χ2v) is 4.64. The summed E-state index contributed by atoms with van der Waals surface area (Å²) in [6.45, 7) is 0.442. The van der Waals surface area contributed by atoms with Crippen molar-refractivity contribution in [2.24, 2.45) is 0 Å². The van der Waals surface area contributed by atoms with Gasteiger partial charge in [-0.3, -0.25) is 0 Å². The molecule has 0 atom stereocenters. The lowest BCUT2D eigenvalue weighted by atomic mass is 10.5.